The van der Waals surface area contributed by atoms with E-state index in [1.807, 2.05) is 13.8 Å². The minimum absolute atomic E-state index is 0.136. The van der Waals surface area contributed by atoms with Crippen LogP contribution in [0.4, 0.5) is 23.2 Å². The molecular weight excluding hydrogens is 410 g/mol. The van der Waals surface area contributed by atoms with Gasteiger partial charge in [0.1, 0.15) is 17.3 Å². The average Bonchev–Trinajstić information content (AvgIpc) is 3.26. The van der Waals surface area contributed by atoms with Crippen molar-refractivity contribution in [3.63, 3.8) is 0 Å². The highest BCUT2D eigenvalue weighted by Crippen LogP contribution is 2.43. The summed E-state index contributed by atoms with van der Waals surface area (Å²) in [4.78, 5) is 0. The van der Waals surface area contributed by atoms with E-state index in [2.05, 4.69) is 15.5 Å². The van der Waals surface area contributed by atoms with Gasteiger partial charge in [-0.25, -0.2) is 17.6 Å². The Morgan fingerprint density at radius 1 is 1.13 bits per heavy atom. The normalized spacial score (nSPS) is 14.6. The Bertz CT molecular complexity index is 1340. The summed E-state index contributed by atoms with van der Waals surface area (Å²) < 4.78 is 60.0. The molecule has 2 aromatic carbocycles. The van der Waals surface area contributed by atoms with Crippen LogP contribution in [0.25, 0.3) is 27.7 Å². The number of aromatic nitrogens is 4. The van der Waals surface area contributed by atoms with Crippen LogP contribution in [0.5, 0.6) is 0 Å². The van der Waals surface area contributed by atoms with E-state index in [1.54, 1.807) is 35.8 Å². The van der Waals surface area contributed by atoms with Crippen LogP contribution in [0.3, 0.4) is 0 Å². The van der Waals surface area contributed by atoms with Crippen molar-refractivity contribution in [1.82, 2.24) is 19.3 Å². The number of benzene rings is 2. The maximum absolute atomic E-state index is 16.0. The van der Waals surface area contributed by atoms with Gasteiger partial charge in [0.05, 0.1) is 23.3 Å². The molecule has 9 heteroatoms. The zero-order chi connectivity index (χ0) is 22.1. The van der Waals surface area contributed by atoms with Gasteiger partial charge in [0, 0.05) is 23.2 Å². The first kappa shape index (κ1) is 19.6. The van der Waals surface area contributed by atoms with Gasteiger partial charge >= 0.3 is 0 Å². The van der Waals surface area contributed by atoms with Crippen molar-refractivity contribution in [3.05, 3.63) is 59.8 Å². The van der Waals surface area contributed by atoms with Gasteiger partial charge in [0.15, 0.2) is 11.6 Å². The van der Waals surface area contributed by atoms with Gasteiger partial charge in [-0.1, -0.05) is 12.1 Å². The Morgan fingerprint density at radius 2 is 1.90 bits per heavy atom. The van der Waals surface area contributed by atoms with Gasteiger partial charge < -0.3 is 9.88 Å². The minimum Gasteiger partial charge on any atom is -0.371 e. The summed E-state index contributed by atoms with van der Waals surface area (Å²) in [5.41, 5.74) is 0.301. The first-order valence-electron chi connectivity index (χ1n) is 9.78. The molecule has 1 aliphatic rings. The van der Waals surface area contributed by atoms with Crippen molar-refractivity contribution < 1.29 is 17.6 Å². The molecule has 5 rings (SSSR count). The van der Waals surface area contributed by atoms with Crippen LogP contribution >= 0.6 is 0 Å². The molecule has 4 aromatic rings. The predicted octanol–water partition coefficient (Wildman–Crippen LogP) is 5.40. The topological polar surface area (TPSA) is 47.7 Å². The number of nitrogens with one attached hydrogen (secondary N) is 1. The zero-order valence-electron chi connectivity index (χ0n) is 17.0. The third-order valence-electron chi connectivity index (χ3n) is 5.66. The van der Waals surface area contributed by atoms with Gasteiger partial charge in [-0.15, -0.1) is 10.2 Å². The maximum Gasteiger partial charge on any atom is 0.256 e. The number of fused-ring (bicyclic) bond motifs is 4. The first-order chi connectivity index (χ1) is 14.7. The van der Waals surface area contributed by atoms with E-state index < -0.39 is 30.1 Å². The largest absolute Gasteiger partial charge is 0.371 e. The Morgan fingerprint density at radius 3 is 2.65 bits per heavy atom. The lowest BCUT2D eigenvalue weighted by Gasteiger charge is -2.34. The molecule has 0 spiro atoms. The molecule has 1 N–H and O–H groups in total. The molecule has 5 nitrogen and oxygen atoms in total. The van der Waals surface area contributed by atoms with Gasteiger partial charge in [-0.05, 0) is 38.5 Å². The van der Waals surface area contributed by atoms with Crippen LogP contribution in [-0.4, -0.2) is 25.8 Å². The second kappa shape index (κ2) is 6.57. The lowest BCUT2D eigenvalue weighted by Crippen LogP contribution is -2.36. The van der Waals surface area contributed by atoms with Gasteiger partial charge in [-0.3, -0.25) is 4.57 Å². The summed E-state index contributed by atoms with van der Waals surface area (Å²) in [7, 11) is 0. The van der Waals surface area contributed by atoms with Crippen molar-refractivity contribution in [2.45, 2.75) is 39.3 Å². The second-order valence-corrected chi connectivity index (χ2v) is 8.20. The smallest absolute Gasteiger partial charge is 0.256 e. The Labute approximate surface area is 175 Å². The van der Waals surface area contributed by atoms with Crippen molar-refractivity contribution in [2.24, 2.45) is 0 Å². The van der Waals surface area contributed by atoms with E-state index in [1.165, 1.54) is 16.8 Å². The fraction of sp³-hybridized carbons (Fsp3) is 0.273. The number of anilines is 1. The number of alkyl halides is 2. The van der Waals surface area contributed by atoms with Gasteiger partial charge in [0.2, 0.25) is 0 Å². The molecule has 0 aliphatic carbocycles. The van der Waals surface area contributed by atoms with Crippen LogP contribution < -0.4 is 5.32 Å². The minimum atomic E-state index is -2.54. The van der Waals surface area contributed by atoms with E-state index in [9.17, 15) is 8.78 Å². The summed E-state index contributed by atoms with van der Waals surface area (Å²) in [6, 6.07) is 7.70. The highest BCUT2D eigenvalue weighted by atomic mass is 19.3. The van der Waals surface area contributed by atoms with Gasteiger partial charge in [0.25, 0.3) is 6.43 Å². The number of hydrogen-bond acceptors (Lipinski definition) is 3. The first-order valence-corrected chi connectivity index (χ1v) is 9.78. The molecule has 3 heterocycles. The second-order valence-electron chi connectivity index (χ2n) is 8.20. The number of rotatable bonds is 3. The standard InChI is InChI=1S/C22H19F4N5/c1-11-28-29-21-22(2,3)27-15-9-14(23)18(19(26)20(15)31(11)21)13-5-4-6-16-12(13)7-8-30(16)10-17(24)25/h4-9,17,27H,10H2,1-3H3. The predicted molar refractivity (Wildman–Crippen MR) is 110 cm³/mol. The lowest BCUT2D eigenvalue weighted by molar-refractivity contribution is 0.128. The van der Waals surface area contributed by atoms with E-state index >= 15 is 8.78 Å². The van der Waals surface area contributed by atoms with Crippen LogP contribution in [0.2, 0.25) is 0 Å². The molecule has 160 valence electrons. The van der Waals surface area contributed by atoms with E-state index in [4.69, 9.17) is 0 Å². The highest BCUT2D eigenvalue weighted by molar-refractivity contribution is 5.97. The molecule has 0 amide bonds. The van der Waals surface area contributed by atoms with E-state index in [-0.39, 0.29) is 11.3 Å². The summed E-state index contributed by atoms with van der Waals surface area (Å²) in [6.07, 6.45) is -1.04. The highest BCUT2D eigenvalue weighted by Gasteiger charge is 2.37. The van der Waals surface area contributed by atoms with Crippen LogP contribution in [0.15, 0.2) is 36.5 Å². The van der Waals surface area contributed by atoms with Crippen molar-refractivity contribution >= 4 is 16.6 Å². The molecule has 0 radical (unpaired) electrons. The van der Waals surface area contributed by atoms with Crippen molar-refractivity contribution in [3.8, 4) is 16.8 Å². The summed E-state index contributed by atoms with van der Waals surface area (Å²) in [5, 5.41) is 11.9. The Balaban J connectivity index is 1.78. The maximum atomic E-state index is 16.0. The Kier molecular flexibility index (Phi) is 4.15. The van der Waals surface area contributed by atoms with Gasteiger partial charge in [-0.2, -0.15) is 0 Å². The van der Waals surface area contributed by atoms with E-state index in [0.717, 1.165) is 0 Å². The number of halogens is 4. The van der Waals surface area contributed by atoms with Crippen LogP contribution in [0, 0.1) is 18.6 Å². The molecule has 31 heavy (non-hydrogen) atoms. The van der Waals surface area contributed by atoms with Crippen LogP contribution in [0.1, 0.15) is 25.5 Å². The number of hydrogen-bond donors (Lipinski definition) is 1. The lowest BCUT2D eigenvalue weighted by atomic mass is 9.95. The number of nitrogens with zero attached hydrogens (tertiary/aromatic N) is 4. The molecule has 0 saturated heterocycles. The molecular formula is C22H19F4N5. The summed E-state index contributed by atoms with van der Waals surface area (Å²) in [5.74, 6) is -0.530. The molecule has 1 aliphatic heterocycles. The Hall–Kier alpha value is -3.36. The molecule has 0 atom stereocenters. The molecule has 2 aromatic heterocycles. The quantitative estimate of drug-likeness (QED) is 0.444. The summed E-state index contributed by atoms with van der Waals surface area (Å²) in [6.45, 7) is 4.91. The third kappa shape index (κ3) is 2.83. The van der Waals surface area contributed by atoms with Crippen molar-refractivity contribution in [1.29, 1.82) is 0 Å². The molecule has 0 bridgehead atoms. The summed E-state index contributed by atoms with van der Waals surface area (Å²) >= 11 is 0. The fourth-order valence-electron chi connectivity index (χ4n) is 4.35. The monoisotopic (exact) mass is 429 g/mol. The van der Waals surface area contributed by atoms with E-state index in [0.29, 0.717) is 33.8 Å². The SMILES string of the molecule is Cc1nnc2n1-c1c(cc(F)c(-c3cccc4c3ccn4CC(F)F)c1F)NC2(C)C. The third-order valence-corrected chi connectivity index (χ3v) is 5.66. The van der Waals surface area contributed by atoms with Crippen LogP contribution in [-0.2, 0) is 12.1 Å². The molecule has 0 unspecified atom stereocenters. The average molecular weight is 429 g/mol. The molecule has 0 fully saturated rings. The fourth-order valence-corrected chi connectivity index (χ4v) is 4.35. The number of aryl methyl sites for hydroxylation is 1. The zero-order valence-corrected chi connectivity index (χ0v) is 17.0. The molecule has 0 saturated carbocycles. The van der Waals surface area contributed by atoms with Crippen molar-refractivity contribution in [2.75, 3.05) is 5.32 Å².